The number of carbonyl (C=O) groups excluding carboxylic acids is 3. The van der Waals surface area contributed by atoms with Gasteiger partial charge < -0.3 is 20.5 Å². The van der Waals surface area contributed by atoms with Gasteiger partial charge in [0.15, 0.2) is 11.6 Å². The minimum atomic E-state index is -1.37. The van der Waals surface area contributed by atoms with Crippen molar-refractivity contribution in [3.8, 4) is 0 Å². The molecule has 4 atom stereocenters. The zero-order valence-corrected chi connectivity index (χ0v) is 19.3. The molecule has 2 fully saturated rings. The van der Waals surface area contributed by atoms with Crippen LogP contribution in [0.25, 0.3) is 10.9 Å². The van der Waals surface area contributed by atoms with E-state index in [0.717, 1.165) is 17.3 Å². The van der Waals surface area contributed by atoms with Crippen LogP contribution in [0.3, 0.4) is 0 Å². The Morgan fingerprint density at radius 3 is 2.69 bits per heavy atom. The number of amides is 3. The summed E-state index contributed by atoms with van der Waals surface area (Å²) in [5, 5.41) is 5.37. The Labute approximate surface area is 204 Å². The summed E-state index contributed by atoms with van der Waals surface area (Å²) in [6, 6.07) is 7.94. The maximum atomic E-state index is 14.1. The highest BCUT2D eigenvalue weighted by Crippen LogP contribution is 2.48. The quantitative estimate of drug-likeness (QED) is 0.474. The van der Waals surface area contributed by atoms with Gasteiger partial charge in [0.25, 0.3) is 5.91 Å². The molecule has 186 valence electrons. The molecule has 1 spiro atoms. The molecule has 6 rings (SSSR count). The second kappa shape index (κ2) is 7.84. The lowest BCUT2D eigenvalue weighted by atomic mass is 9.78. The van der Waals surface area contributed by atoms with Crippen molar-refractivity contribution in [3.63, 3.8) is 0 Å². The van der Waals surface area contributed by atoms with Gasteiger partial charge in [-0.2, -0.15) is 0 Å². The molecule has 36 heavy (non-hydrogen) atoms. The van der Waals surface area contributed by atoms with Crippen molar-refractivity contribution in [1.82, 2.24) is 15.2 Å². The number of anilines is 1. The molecule has 1 aromatic heterocycles. The molecule has 3 aromatic rings. The number of hydrogen-bond acceptors (Lipinski definition) is 3. The van der Waals surface area contributed by atoms with Crippen LogP contribution in [0.2, 0.25) is 0 Å². The third-order valence-electron chi connectivity index (χ3n) is 7.79. The number of H-pyrrole nitrogens is 1. The van der Waals surface area contributed by atoms with Crippen molar-refractivity contribution < 1.29 is 27.6 Å². The van der Waals surface area contributed by atoms with Crippen LogP contribution in [0.4, 0.5) is 18.9 Å². The monoisotopic (exact) mass is 496 g/mol. The molecule has 2 saturated heterocycles. The summed E-state index contributed by atoms with van der Waals surface area (Å²) in [5.74, 6) is -4.75. The van der Waals surface area contributed by atoms with Gasteiger partial charge in [-0.05, 0) is 42.9 Å². The molecule has 3 N–H and O–H groups in total. The number of aromatic amines is 1. The molecular weight excluding hydrogens is 473 g/mol. The van der Waals surface area contributed by atoms with Gasteiger partial charge in [0.2, 0.25) is 11.8 Å². The normalized spacial score (nSPS) is 27.2. The highest BCUT2D eigenvalue weighted by atomic mass is 19.2. The zero-order chi connectivity index (χ0) is 25.4. The van der Waals surface area contributed by atoms with E-state index in [1.807, 2.05) is 31.2 Å². The highest BCUT2D eigenvalue weighted by molar-refractivity contribution is 6.07. The van der Waals surface area contributed by atoms with Crippen LogP contribution < -0.4 is 10.6 Å². The molecule has 4 heterocycles. The number of rotatable bonds is 2. The van der Waals surface area contributed by atoms with Gasteiger partial charge in [0.05, 0.1) is 10.9 Å². The lowest BCUT2D eigenvalue weighted by Gasteiger charge is -2.26. The van der Waals surface area contributed by atoms with Crippen molar-refractivity contribution >= 4 is 34.3 Å². The van der Waals surface area contributed by atoms with Gasteiger partial charge in [-0.15, -0.1) is 0 Å². The number of benzene rings is 2. The minimum Gasteiger partial charge on any atom is -0.348 e. The summed E-state index contributed by atoms with van der Waals surface area (Å²) in [6.45, 7) is 2.20. The number of para-hydroxylation sites is 1. The van der Waals surface area contributed by atoms with Gasteiger partial charge in [0.1, 0.15) is 17.6 Å². The molecule has 0 saturated carbocycles. The summed E-state index contributed by atoms with van der Waals surface area (Å²) < 4.78 is 41.8. The molecule has 0 aliphatic carbocycles. The Morgan fingerprint density at radius 2 is 1.89 bits per heavy atom. The van der Waals surface area contributed by atoms with Crippen LogP contribution in [0.5, 0.6) is 0 Å². The Morgan fingerprint density at radius 1 is 1.11 bits per heavy atom. The Hall–Kier alpha value is -3.82. The topological polar surface area (TPSA) is 94.3 Å². The van der Waals surface area contributed by atoms with Crippen molar-refractivity contribution in [2.45, 2.75) is 43.7 Å². The molecule has 0 radical (unpaired) electrons. The van der Waals surface area contributed by atoms with Crippen molar-refractivity contribution in [2.75, 3.05) is 11.9 Å². The summed E-state index contributed by atoms with van der Waals surface area (Å²) in [6.07, 6.45) is 1.56. The minimum absolute atomic E-state index is 0.0656. The van der Waals surface area contributed by atoms with Crippen molar-refractivity contribution in [3.05, 3.63) is 65.1 Å². The lowest BCUT2D eigenvalue weighted by Crippen LogP contribution is -2.49. The molecule has 2 aromatic carbocycles. The van der Waals surface area contributed by atoms with E-state index in [2.05, 4.69) is 15.6 Å². The first-order valence-corrected chi connectivity index (χ1v) is 11.9. The van der Waals surface area contributed by atoms with E-state index in [-0.39, 0.29) is 41.4 Å². The van der Waals surface area contributed by atoms with Gasteiger partial charge in [-0.3, -0.25) is 14.4 Å². The summed E-state index contributed by atoms with van der Waals surface area (Å²) >= 11 is 0. The number of aromatic nitrogens is 1. The number of carbonyl (C=O) groups is 3. The Bertz CT molecular complexity index is 1450. The van der Waals surface area contributed by atoms with Crippen LogP contribution in [-0.2, 0) is 15.0 Å². The standard InChI is InChI=1S/C26H23F3N4O3/c1-12-6-13-10-26(15-4-2-3-5-18(15)32-25(26)36)11-33(13)24(35)20(7-12)31-23(34)19-8-14-16(27)9-17(28)21(29)22(14)30-19/h2-5,8-9,12-13,20,30H,6-7,10-11H2,1H3,(H,31,34)(H,32,36)/t12?,13-,20+,26+/m1/s1. The fraction of sp³-hybridized carbons (Fsp3) is 0.346. The number of nitrogens with zero attached hydrogens (tertiary/aromatic N) is 1. The molecule has 3 aliphatic rings. The maximum absolute atomic E-state index is 14.1. The molecule has 1 unspecified atom stereocenters. The van der Waals surface area contributed by atoms with Crippen molar-refractivity contribution in [2.24, 2.45) is 5.92 Å². The first-order valence-electron chi connectivity index (χ1n) is 11.9. The summed E-state index contributed by atoms with van der Waals surface area (Å²) in [4.78, 5) is 43.8. The van der Waals surface area contributed by atoms with Crippen LogP contribution in [0.15, 0.2) is 36.4 Å². The van der Waals surface area contributed by atoms with E-state index < -0.39 is 40.3 Å². The second-order valence-electron chi connectivity index (χ2n) is 10.1. The predicted molar refractivity (Wildman–Crippen MR) is 125 cm³/mol. The Kier molecular flexibility index (Phi) is 4.93. The van der Waals surface area contributed by atoms with Crippen LogP contribution in [-0.4, -0.2) is 46.2 Å². The molecular formula is C26H23F3N4O3. The predicted octanol–water partition coefficient (Wildman–Crippen LogP) is 3.60. The van der Waals surface area contributed by atoms with Gasteiger partial charge in [0, 0.05) is 29.7 Å². The second-order valence-corrected chi connectivity index (χ2v) is 10.1. The van der Waals surface area contributed by atoms with Crippen LogP contribution >= 0.6 is 0 Å². The fourth-order valence-electron chi connectivity index (χ4n) is 6.13. The summed E-state index contributed by atoms with van der Waals surface area (Å²) in [7, 11) is 0. The van der Waals surface area contributed by atoms with E-state index in [1.165, 1.54) is 0 Å². The largest absolute Gasteiger partial charge is 0.348 e. The van der Waals surface area contributed by atoms with Gasteiger partial charge >= 0.3 is 0 Å². The summed E-state index contributed by atoms with van der Waals surface area (Å²) in [5.41, 5.74) is 0.153. The average molecular weight is 496 g/mol. The van der Waals surface area contributed by atoms with E-state index in [0.29, 0.717) is 25.3 Å². The van der Waals surface area contributed by atoms with Gasteiger partial charge in [-0.1, -0.05) is 25.1 Å². The van der Waals surface area contributed by atoms with E-state index in [9.17, 15) is 27.6 Å². The number of hydrogen-bond donors (Lipinski definition) is 3. The smallest absolute Gasteiger partial charge is 0.268 e. The number of nitrogens with one attached hydrogen (secondary N) is 3. The molecule has 3 amide bonds. The molecule has 0 bridgehead atoms. The molecule has 7 nitrogen and oxygen atoms in total. The molecule has 10 heteroatoms. The highest BCUT2D eigenvalue weighted by Gasteiger charge is 2.57. The van der Waals surface area contributed by atoms with E-state index in [4.69, 9.17) is 0 Å². The first kappa shape index (κ1) is 22.6. The van der Waals surface area contributed by atoms with E-state index >= 15 is 0 Å². The Balaban J connectivity index is 1.28. The van der Waals surface area contributed by atoms with Crippen LogP contribution in [0.1, 0.15) is 42.2 Å². The van der Waals surface area contributed by atoms with Crippen molar-refractivity contribution in [1.29, 1.82) is 0 Å². The fourth-order valence-corrected chi connectivity index (χ4v) is 6.13. The number of halogens is 3. The number of fused-ring (bicyclic) bond motifs is 4. The third-order valence-corrected chi connectivity index (χ3v) is 7.79. The average Bonchev–Trinajstić information content (AvgIpc) is 3.50. The van der Waals surface area contributed by atoms with E-state index in [1.54, 1.807) is 4.90 Å². The lowest BCUT2D eigenvalue weighted by molar-refractivity contribution is -0.133. The zero-order valence-electron chi connectivity index (χ0n) is 19.3. The SMILES string of the molecule is CC1C[C@@H]2C[C@@]3(CN2C(=O)[C@@H](NC(=O)c2cc4c(F)cc(F)c(F)c4[nH]2)C1)C(=O)Nc1ccccc13. The molecule has 3 aliphatic heterocycles. The van der Waals surface area contributed by atoms with Gasteiger partial charge in [-0.25, -0.2) is 13.2 Å². The maximum Gasteiger partial charge on any atom is 0.268 e. The third kappa shape index (κ3) is 3.23. The van der Waals surface area contributed by atoms with Crippen LogP contribution in [0, 0.1) is 23.4 Å². The first-order chi connectivity index (χ1) is 17.2.